The topological polar surface area (TPSA) is 128 Å². The monoisotopic (exact) mass is 593 g/mol. The van der Waals surface area contributed by atoms with Crippen molar-refractivity contribution < 1.29 is 24.2 Å². The predicted octanol–water partition coefficient (Wildman–Crippen LogP) is 6.38. The molecule has 2 aromatic heterocycles. The molecule has 0 spiro atoms. The molecular weight excluding hydrogens is 558 g/mol. The van der Waals surface area contributed by atoms with Crippen LogP contribution in [0, 0.1) is 12.8 Å². The highest BCUT2D eigenvalue weighted by atomic mass is 35.5. The van der Waals surface area contributed by atoms with Crippen LogP contribution in [0.4, 0.5) is 5.82 Å². The van der Waals surface area contributed by atoms with Gasteiger partial charge >= 0.3 is 11.9 Å². The number of esters is 1. The van der Waals surface area contributed by atoms with Crippen LogP contribution >= 0.6 is 11.6 Å². The van der Waals surface area contributed by atoms with Crippen LogP contribution in [0.1, 0.15) is 61.8 Å². The molecule has 2 heterocycles. The Kier molecular flexibility index (Phi) is 10.0. The molecule has 0 amide bonds. The smallest absolute Gasteiger partial charge is 0.376 e. The van der Waals surface area contributed by atoms with Gasteiger partial charge in [-0.3, -0.25) is 4.79 Å². The first-order valence-electron chi connectivity index (χ1n) is 14.1. The molecule has 1 fully saturated rings. The van der Waals surface area contributed by atoms with Crippen LogP contribution in [0.15, 0.2) is 42.5 Å². The van der Waals surface area contributed by atoms with E-state index < -0.39 is 11.9 Å². The number of rotatable bonds is 11. The van der Waals surface area contributed by atoms with Gasteiger partial charge in [-0.1, -0.05) is 49.2 Å². The lowest BCUT2D eigenvalue weighted by Gasteiger charge is -2.18. The Labute approximate surface area is 250 Å². The number of nitrogens with zero attached hydrogens (tertiary/aromatic N) is 4. The average molecular weight is 594 g/mol. The summed E-state index contributed by atoms with van der Waals surface area (Å²) in [5.41, 5.74) is 3.54. The Balaban J connectivity index is 0.00000198. The van der Waals surface area contributed by atoms with E-state index in [1.165, 1.54) is 7.11 Å². The number of nitrogens with one attached hydrogen (secondary N) is 1. The Morgan fingerprint density at radius 3 is 2.48 bits per heavy atom. The van der Waals surface area contributed by atoms with Gasteiger partial charge in [-0.25, -0.2) is 19.7 Å². The minimum absolute atomic E-state index is 0.000804. The Morgan fingerprint density at radius 2 is 1.83 bits per heavy atom. The fraction of sp³-hybridized carbons (Fsp3) is 0.387. The molecule has 42 heavy (non-hydrogen) atoms. The third kappa shape index (κ3) is 7.17. The number of halogens is 1. The van der Waals surface area contributed by atoms with Crippen molar-refractivity contribution >= 4 is 40.5 Å². The Bertz CT molecular complexity index is 1570. The van der Waals surface area contributed by atoms with E-state index >= 15 is 0 Å². The molecule has 1 unspecified atom stereocenters. The molecule has 0 radical (unpaired) electrons. The van der Waals surface area contributed by atoms with Crippen molar-refractivity contribution in [2.75, 3.05) is 19.0 Å². The van der Waals surface area contributed by atoms with E-state index in [0.717, 1.165) is 24.0 Å². The van der Waals surface area contributed by atoms with Crippen molar-refractivity contribution in [2.24, 2.45) is 5.92 Å². The van der Waals surface area contributed by atoms with Crippen LogP contribution in [0.25, 0.3) is 22.6 Å². The van der Waals surface area contributed by atoms with E-state index in [9.17, 15) is 9.59 Å². The quantitative estimate of drug-likeness (QED) is 0.190. The molecule has 1 aliphatic rings. The van der Waals surface area contributed by atoms with Gasteiger partial charge in [0, 0.05) is 17.6 Å². The summed E-state index contributed by atoms with van der Waals surface area (Å²) in [5.74, 6) is 0.327. The molecule has 0 bridgehead atoms. The lowest BCUT2D eigenvalue weighted by Crippen LogP contribution is -2.21. The standard InChI is InChI=1S/C29H30ClN5O5.C2H6/c1-16-4-11-22(40-13-12-23(36)37)21(14-16)28-34-26-24(35(28)15-18-5-9-20(30)10-6-18)25(31-17(2)19-7-8-19)32-27(33-26)29(38)39-3;1-2/h4-6,9-11,14,17,19H,7-8,12-13,15H2,1-3H3,(H,36,37)(H,31,32,33);1-2H3. The van der Waals surface area contributed by atoms with Crippen LogP contribution in [0.5, 0.6) is 5.75 Å². The first kappa shape index (κ1) is 30.8. The number of methoxy groups -OCH3 is 1. The summed E-state index contributed by atoms with van der Waals surface area (Å²) >= 11 is 6.15. The van der Waals surface area contributed by atoms with Crippen molar-refractivity contribution in [1.29, 1.82) is 0 Å². The number of carboxylic acids is 1. The number of carbonyl (C=O) groups excluding carboxylic acids is 1. The van der Waals surface area contributed by atoms with Gasteiger partial charge in [-0.05, 0) is 62.4 Å². The van der Waals surface area contributed by atoms with Crippen LogP contribution < -0.4 is 10.1 Å². The first-order valence-corrected chi connectivity index (χ1v) is 14.4. The number of ether oxygens (including phenoxy) is 2. The molecule has 11 heteroatoms. The maximum atomic E-state index is 12.5. The highest BCUT2D eigenvalue weighted by molar-refractivity contribution is 6.30. The van der Waals surface area contributed by atoms with Gasteiger partial charge in [0.25, 0.3) is 0 Å². The van der Waals surface area contributed by atoms with Crippen LogP contribution in [-0.2, 0) is 16.1 Å². The zero-order chi connectivity index (χ0) is 30.4. The van der Waals surface area contributed by atoms with Crippen molar-refractivity contribution in [3.63, 3.8) is 0 Å². The van der Waals surface area contributed by atoms with E-state index in [2.05, 4.69) is 22.2 Å². The highest BCUT2D eigenvalue weighted by Gasteiger charge is 2.30. The predicted molar refractivity (Wildman–Crippen MR) is 162 cm³/mol. The SMILES string of the molecule is CC.COC(=O)c1nc(NC(C)C2CC2)c2c(n1)nc(-c1cc(C)ccc1OCCC(=O)O)n2Cc1ccc(Cl)cc1. The summed E-state index contributed by atoms with van der Waals surface area (Å²) in [4.78, 5) is 37.6. The second-order valence-corrected chi connectivity index (χ2v) is 10.4. The van der Waals surface area contributed by atoms with Gasteiger partial charge in [0.05, 0.1) is 25.7 Å². The number of aromatic nitrogens is 4. The second-order valence-electron chi connectivity index (χ2n) is 9.97. The summed E-state index contributed by atoms with van der Waals surface area (Å²) in [6.45, 7) is 8.45. The zero-order valence-electron chi connectivity index (χ0n) is 24.5. The fourth-order valence-electron chi connectivity index (χ4n) is 4.57. The van der Waals surface area contributed by atoms with Gasteiger partial charge in [0.1, 0.15) is 17.1 Å². The second kappa shape index (κ2) is 13.7. The fourth-order valence-corrected chi connectivity index (χ4v) is 4.70. The molecular formula is C31H36ClN5O5. The van der Waals surface area contributed by atoms with Crippen LogP contribution in [0.3, 0.4) is 0 Å². The van der Waals surface area contributed by atoms with E-state index in [-0.39, 0.29) is 24.9 Å². The molecule has 1 aliphatic carbocycles. The van der Waals surface area contributed by atoms with E-state index in [1.54, 1.807) is 6.07 Å². The number of hydrogen-bond acceptors (Lipinski definition) is 8. The Morgan fingerprint density at radius 1 is 1.12 bits per heavy atom. The van der Waals surface area contributed by atoms with Gasteiger partial charge in [-0.2, -0.15) is 0 Å². The number of imidazole rings is 1. The molecule has 4 aromatic rings. The number of hydrogen-bond donors (Lipinski definition) is 2. The molecule has 0 saturated heterocycles. The molecule has 2 aromatic carbocycles. The van der Waals surface area contributed by atoms with Crippen molar-refractivity contribution in [2.45, 2.75) is 59.5 Å². The molecule has 5 rings (SSSR count). The van der Waals surface area contributed by atoms with Gasteiger partial charge < -0.3 is 24.5 Å². The average Bonchev–Trinajstić information content (AvgIpc) is 3.77. The van der Waals surface area contributed by atoms with Crippen molar-refractivity contribution in [3.05, 3.63) is 64.4 Å². The van der Waals surface area contributed by atoms with Gasteiger partial charge in [0.2, 0.25) is 5.82 Å². The van der Waals surface area contributed by atoms with Gasteiger partial charge in [-0.15, -0.1) is 0 Å². The summed E-state index contributed by atoms with van der Waals surface area (Å²) in [6.07, 6.45) is 2.11. The number of anilines is 1. The lowest BCUT2D eigenvalue weighted by atomic mass is 10.1. The minimum Gasteiger partial charge on any atom is -0.492 e. The molecule has 1 atom stereocenters. The third-order valence-corrected chi connectivity index (χ3v) is 7.12. The number of fused-ring (bicyclic) bond motifs is 1. The van der Waals surface area contributed by atoms with Crippen molar-refractivity contribution in [1.82, 2.24) is 19.5 Å². The zero-order valence-corrected chi connectivity index (χ0v) is 25.2. The minimum atomic E-state index is -0.949. The molecule has 0 aliphatic heterocycles. The largest absolute Gasteiger partial charge is 0.492 e. The normalized spacial score (nSPS) is 13.2. The molecule has 2 N–H and O–H groups in total. The van der Waals surface area contributed by atoms with Crippen molar-refractivity contribution in [3.8, 4) is 17.1 Å². The van der Waals surface area contributed by atoms with Crippen LogP contribution in [-0.4, -0.2) is 56.3 Å². The summed E-state index contributed by atoms with van der Waals surface area (Å²) < 4.78 is 12.8. The highest BCUT2D eigenvalue weighted by Crippen LogP contribution is 2.37. The van der Waals surface area contributed by atoms with Gasteiger partial charge in [0.15, 0.2) is 11.5 Å². The summed E-state index contributed by atoms with van der Waals surface area (Å²) in [6, 6.07) is 13.3. The first-order chi connectivity index (χ1) is 20.2. The summed E-state index contributed by atoms with van der Waals surface area (Å²) in [7, 11) is 1.29. The van der Waals surface area contributed by atoms with E-state index in [0.29, 0.717) is 51.6 Å². The number of aryl methyl sites for hydroxylation is 1. The van der Waals surface area contributed by atoms with E-state index in [1.807, 2.05) is 61.7 Å². The lowest BCUT2D eigenvalue weighted by molar-refractivity contribution is -0.137. The summed E-state index contributed by atoms with van der Waals surface area (Å²) in [5, 5.41) is 13.2. The van der Waals surface area contributed by atoms with E-state index in [4.69, 9.17) is 31.2 Å². The number of carboxylic acid groups (broad SMARTS) is 1. The molecule has 1 saturated carbocycles. The molecule has 222 valence electrons. The number of aliphatic carboxylic acids is 1. The third-order valence-electron chi connectivity index (χ3n) is 6.87. The Hall–Kier alpha value is -4.18. The maximum absolute atomic E-state index is 12.5. The number of benzene rings is 2. The molecule has 10 nitrogen and oxygen atoms in total. The van der Waals surface area contributed by atoms with Crippen LogP contribution in [0.2, 0.25) is 5.02 Å². The number of carbonyl (C=O) groups is 2. The maximum Gasteiger partial charge on any atom is 0.376 e.